The number of hydrogen-bond acceptors (Lipinski definition) is 19. The number of primary amides is 1. The number of ether oxygens (including phenoxy) is 8. The van der Waals surface area contributed by atoms with Crippen LogP contribution in [0.3, 0.4) is 0 Å². The molecule has 0 spiro atoms. The summed E-state index contributed by atoms with van der Waals surface area (Å²) >= 11 is 0. The Kier molecular flexibility index (Phi) is 33.6. The molecular weight excluding hydrogens is 1770 g/mol. The van der Waals surface area contributed by atoms with Crippen LogP contribution in [0.4, 0.5) is 21.0 Å². The van der Waals surface area contributed by atoms with E-state index in [0.717, 1.165) is 172 Å². The number of aromatic nitrogens is 5. The van der Waals surface area contributed by atoms with Crippen molar-refractivity contribution >= 4 is 95.8 Å². The van der Waals surface area contributed by atoms with Crippen molar-refractivity contribution in [3.05, 3.63) is 287 Å². The molecule has 11 aromatic carbocycles. The molecule has 5 amide bonds. The molecule has 1 aliphatic rings. The third-order valence-electron chi connectivity index (χ3n) is 23.9. The summed E-state index contributed by atoms with van der Waals surface area (Å²) in [6, 6.07) is 85.7. The van der Waals surface area contributed by atoms with E-state index in [2.05, 4.69) is 79.3 Å². The molecule has 710 valence electrons. The highest BCUT2D eigenvalue weighted by molar-refractivity contribution is 6.03. The molecule has 16 aromatic rings. The van der Waals surface area contributed by atoms with E-state index in [0.29, 0.717) is 114 Å². The number of nitriles is 5. The molecule has 6 heterocycles. The maximum Gasteiger partial charge on any atom is 0.417 e. The average molecular weight is 1870 g/mol. The number of hydrogen-bond donors (Lipinski definition) is 5. The normalized spacial score (nSPS) is 11.4. The van der Waals surface area contributed by atoms with Crippen molar-refractivity contribution in [3.63, 3.8) is 0 Å². The summed E-state index contributed by atoms with van der Waals surface area (Å²) in [4.78, 5) is 62.7. The Labute approximate surface area is 811 Å². The fraction of sp³-hybridized carbons (Fsp3) is 0.225. The number of para-hydroxylation sites is 1. The van der Waals surface area contributed by atoms with E-state index in [1.165, 1.54) is 0 Å². The van der Waals surface area contributed by atoms with Crippen LogP contribution in [0.15, 0.2) is 243 Å². The van der Waals surface area contributed by atoms with Gasteiger partial charge in [0.15, 0.2) is 0 Å². The van der Waals surface area contributed by atoms with E-state index in [1.54, 1.807) is 103 Å². The highest BCUT2D eigenvalue weighted by Crippen LogP contribution is 2.43. The lowest BCUT2D eigenvalue weighted by atomic mass is 10.0. The first kappa shape index (κ1) is 99.9. The van der Waals surface area contributed by atoms with Gasteiger partial charge in [-0.2, -0.15) is 26.3 Å². The fourth-order valence-electron chi connectivity index (χ4n) is 17.5. The number of amides is 5. The van der Waals surface area contributed by atoms with Gasteiger partial charge in [-0.25, -0.2) is 9.59 Å². The summed E-state index contributed by atoms with van der Waals surface area (Å²) in [5.41, 5.74) is 24.0. The molecule has 0 atom stereocenters. The predicted molar refractivity (Wildman–Crippen MR) is 544 cm³/mol. The number of fused-ring (bicyclic) bond motifs is 5. The topological polar surface area (TPSA) is 380 Å². The predicted octanol–water partition coefficient (Wildman–Crippen LogP) is 21.1. The van der Waals surface area contributed by atoms with Gasteiger partial charge in [0.2, 0.25) is 5.91 Å². The van der Waals surface area contributed by atoms with Gasteiger partial charge in [0.25, 0.3) is 11.8 Å². The first-order chi connectivity index (χ1) is 68.2. The first-order valence-corrected chi connectivity index (χ1v) is 45.8. The highest BCUT2D eigenvalue weighted by atomic mass is 16.6. The second kappa shape index (κ2) is 47.1. The molecule has 0 radical (unpaired) electrons. The van der Waals surface area contributed by atoms with E-state index >= 15 is 0 Å². The van der Waals surface area contributed by atoms with Gasteiger partial charge in [0, 0.05) is 179 Å². The Bertz CT molecular complexity index is 7510. The Morgan fingerprint density at radius 1 is 0.350 bits per heavy atom. The van der Waals surface area contributed by atoms with Gasteiger partial charge in [-0.05, 0) is 182 Å². The van der Waals surface area contributed by atoms with Crippen molar-refractivity contribution in [1.29, 1.82) is 26.3 Å². The van der Waals surface area contributed by atoms with Gasteiger partial charge >= 0.3 is 12.2 Å². The van der Waals surface area contributed by atoms with Crippen molar-refractivity contribution in [1.82, 2.24) is 38.4 Å². The summed E-state index contributed by atoms with van der Waals surface area (Å²) < 4.78 is 52.7. The molecule has 1 aliphatic heterocycles. The van der Waals surface area contributed by atoms with E-state index in [1.807, 2.05) is 224 Å². The number of morpholine rings is 1. The zero-order chi connectivity index (χ0) is 99.6. The Morgan fingerprint density at radius 2 is 0.657 bits per heavy atom. The third kappa shape index (κ3) is 22.0. The molecular formula is C111H108N16O13. The number of aryl methyl sites for hydroxylation is 5. The smallest absolute Gasteiger partial charge is 0.417 e. The van der Waals surface area contributed by atoms with Crippen LogP contribution >= 0.6 is 0 Å². The fourth-order valence-corrected chi connectivity index (χ4v) is 17.5. The lowest BCUT2D eigenvalue weighted by molar-refractivity contribution is 0.0383. The lowest BCUT2D eigenvalue weighted by Crippen LogP contribution is -2.41. The lowest BCUT2D eigenvalue weighted by Gasteiger charge is -2.26. The average Bonchev–Trinajstić information content (AvgIpc) is 1.63. The maximum atomic E-state index is 12.8. The third-order valence-corrected chi connectivity index (χ3v) is 23.9. The molecule has 5 aromatic heterocycles. The molecule has 1 saturated heterocycles. The van der Waals surface area contributed by atoms with Crippen LogP contribution in [0.1, 0.15) is 107 Å². The molecule has 6 N–H and O–H groups in total. The van der Waals surface area contributed by atoms with Gasteiger partial charge in [-0.3, -0.25) is 29.9 Å². The zero-order valence-electron chi connectivity index (χ0n) is 80.1. The monoisotopic (exact) mass is 1870 g/mol. The summed E-state index contributed by atoms with van der Waals surface area (Å²) in [5.74, 6) is 3.44. The van der Waals surface area contributed by atoms with Crippen LogP contribution in [-0.2, 0) is 42.2 Å². The van der Waals surface area contributed by atoms with Crippen LogP contribution in [0.25, 0.3) is 111 Å². The van der Waals surface area contributed by atoms with E-state index in [9.17, 15) is 50.3 Å². The van der Waals surface area contributed by atoms with Gasteiger partial charge in [0.1, 0.15) is 64.8 Å². The molecule has 0 aliphatic carbocycles. The molecule has 0 unspecified atom stereocenters. The molecule has 140 heavy (non-hydrogen) atoms. The minimum atomic E-state index is -0.579. The molecule has 0 saturated carbocycles. The maximum absolute atomic E-state index is 12.8. The van der Waals surface area contributed by atoms with Crippen LogP contribution in [-0.4, -0.2) is 146 Å². The van der Waals surface area contributed by atoms with Crippen molar-refractivity contribution < 1.29 is 61.9 Å². The number of benzene rings is 11. The molecule has 17 rings (SSSR count). The first-order valence-electron chi connectivity index (χ1n) is 45.8. The molecule has 1 fully saturated rings. The van der Waals surface area contributed by atoms with Crippen molar-refractivity contribution in [2.75, 3.05) is 98.7 Å². The summed E-state index contributed by atoms with van der Waals surface area (Å²) in [6.45, 7) is 22.8. The highest BCUT2D eigenvalue weighted by Gasteiger charge is 2.27. The van der Waals surface area contributed by atoms with Crippen LogP contribution in [0, 0.1) is 56.7 Å². The second-order valence-corrected chi connectivity index (χ2v) is 31.8. The van der Waals surface area contributed by atoms with Crippen molar-refractivity contribution in [3.8, 4) is 121 Å². The number of methoxy groups -OCH3 is 5. The Hall–Kier alpha value is -17.6. The number of anilines is 2. The van der Waals surface area contributed by atoms with Crippen LogP contribution < -0.4 is 55.4 Å². The number of carbonyl (C=O) groups is 5. The molecule has 0 bridgehead atoms. The number of nitrogens with zero attached hydrogens (tertiary/aromatic N) is 11. The van der Waals surface area contributed by atoms with E-state index < -0.39 is 18.1 Å². The number of carbonyl (C=O) groups excluding carboxylic acids is 5. The van der Waals surface area contributed by atoms with Gasteiger partial charge in [-0.15, -0.1) is 0 Å². The van der Waals surface area contributed by atoms with Gasteiger partial charge < -0.3 is 77.1 Å². The van der Waals surface area contributed by atoms with Crippen molar-refractivity contribution in [2.24, 2.45) is 5.73 Å². The van der Waals surface area contributed by atoms with Gasteiger partial charge in [0.05, 0.1) is 139 Å². The van der Waals surface area contributed by atoms with Crippen LogP contribution in [0.5, 0.6) is 34.5 Å². The Balaban J connectivity index is 0.000000148. The standard InChI is InChI=1S/C25H28N4O3.C25H21N3O3.C21H21N3O3.C21H21N3O2.C19H17N3O2/c1-3-29-23-16-20(31-2)7-8-21(23)22(17-26)24(29)18-5-4-6-19(15-18)25(30)27-9-10-28-11-13-32-14-12-28;1-3-28-23-15-20(30-2)12-13-21(23)22(16-26)24(28)17-8-7-9-18(14-17)27-25(29)31-19-10-5-4-6-11-19;1-4-24-19-12-16(26-3)9-10-17(19)18(13-22)20(24)14-7-6-8-15(11-14)23-21(25)27-5-2;1-4-23-21(25)15-8-6-7-14(11-15)20-18(13-22)17-10-9-16(26-3)12-19(17)24(20)5-2;1-3-22-17-10-14(24-2)7-8-15(17)16(11-20)18(22)12-5-4-6-13(9-12)19(21)23/h4-8,15-16H,3,9-14H2,1-2H3,(H,27,30);4-15H,3H2,1-2H3,(H,27,29);6-12H,4-5H2,1-3H3,(H,23,25);6-12H,4-5H2,1-3H3,(H,23,25);4-10H,3H2,1-2H3,(H2,21,23). The second-order valence-electron chi connectivity index (χ2n) is 31.8. The van der Waals surface area contributed by atoms with Crippen LogP contribution in [0.2, 0.25) is 0 Å². The van der Waals surface area contributed by atoms with E-state index in [-0.39, 0.29) is 11.8 Å². The summed E-state index contributed by atoms with van der Waals surface area (Å²) in [6.07, 6.45) is -1.08. The zero-order valence-corrected chi connectivity index (χ0v) is 80.1. The Morgan fingerprint density at radius 3 is 0.964 bits per heavy atom. The van der Waals surface area contributed by atoms with E-state index in [4.69, 9.17) is 43.6 Å². The number of nitrogens with one attached hydrogen (secondary N) is 4. The number of rotatable bonds is 26. The molecule has 29 heteroatoms. The minimum Gasteiger partial charge on any atom is -0.497 e. The van der Waals surface area contributed by atoms with Gasteiger partial charge in [-0.1, -0.05) is 78.9 Å². The quantitative estimate of drug-likeness (QED) is 0.0336. The largest absolute Gasteiger partial charge is 0.497 e. The number of nitrogens with two attached hydrogens (primary N) is 1. The molecule has 29 nitrogen and oxygen atoms in total. The van der Waals surface area contributed by atoms with Crippen molar-refractivity contribution in [2.45, 2.75) is 81.2 Å². The summed E-state index contributed by atoms with van der Waals surface area (Å²) in [7, 11) is 8.12. The summed E-state index contributed by atoms with van der Waals surface area (Å²) in [5, 5.41) is 64.8. The SMILES string of the molecule is CCNC(=O)c1cccc(-c2c(C#N)c3ccc(OC)cc3n2CC)c1.CCOC(=O)Nc1cccc(-c2c(C#N)c3ccc(OC)cc3n2CC)c1.CCn1c(-c2cccc(C(=O)NCCN3CCOCC3)c2)c(C#N)c2ccc(OC)cc21.CCn1c(-c2cccc(C(N)=O)c2)c(C#N)c2ccc(OC)cc21.CCn1c(-c2cccc(NC(=O)Oc3ccccc3)c2)c(C#N)c2ccc(OC)cc21. The minimum absolute atomic E-state index is 0.112.